The average Bonchev–Trinajstić information content (AvgIpc) is 2.95. The molecular weight excluding hydrogens is 329 g/mol. The van der Waals surface area contributed by atoms with E-state index in [1.54, 1.807) is 20.0 Å². The molecule has 0 fully saturated rings. The van der Waals surface area contributed by atoms with E-state index in [1.165, 1.54) is 34.6 Å². The summed E-state index contributed by atoms with van der Waals surface area (Å²) in [7, 11) is 3.10. The van der Waals surface area contributed by atoms with Crippen molar-refractivity contribution in [3.63, 3.8) is 0 Å². The zero-order chi connectivity index (χ0) is 18.3. The number of rotatable bonds is 3. The Hall–Kier alpha value is -3.23. The van der Waals surface area contributed by atoms with Gasteiger partial charge in [0.15, 0.2) is 11.2 Å². The number of hydrogen-bond acceptors (Lipinski definition) is 4. The molecule has 2 heterocycles. The number of imidazole rings is 1. The summed E-state index contributed by atoms with van der Waals surface area (Å²) in [6.07, 6.45) is 1.42. The molecule has 0 aliphatic heterocycles. The van der Waals surface area contributed by atoms with Crippen molar-refractivity contribution in [2.45, 2.75) is 13.5 Å². The van der Waals surface area contributed by atoms with Crippen LogP contribution in [-0.4, -0.2) is 24.6 Å². The molecule has 2 aromatic heterocycles. The molecule has 0 spiro atoms. The monoisotopic (exact) mass is 345 g/mol. The minimum atomic E-state index is -0.651. The van der Waals surface area contributed by atoms with E-state index < -0.39 is 29.5 Å². The number of carbonyl (C=O) groups excluding carboxylic acids is 1. The van der Waals surface area contributed by atoms with Crippen LogP contribution in [0.2, 0.25) is 0 Å². The Morgan fingerprint density at radius 3 is 2.68 bits per heavy atom. The molecule has 0 atom stereocenters. The van der Waals surface area contributed by atoms with Crippen molar-refractivity contribution >= 4 is 22.8 Å². The van der Waals surface area contributed by atoms with Gasteiger partial charge in [0.1, 0.15) is 12.4 Å². The molecule has 3 aromatic rings. The average molecular weight is 345 g/mol. The van der Waals surface area contributed by atoms with E-state index in [4.69, 9.17) is 0 Å². The predicted molar refractivity (Wildman–Crippen MR) is 90.0 cm³/mol. The van der Waals surface area contributed by atoms with Crippen molar-refractivity contribution in [2.75, 3.05) is 5.32 Å². The molecule has 0 aliphatic carbocycles. The van der Waals surface area contributed by atoms with Crippen LogP contribution in [0.25, 0.3) is 11.2 Å². The molecule has 3 rings (SSSR count). The molecule has 0 unspecified atom stereocenters. The van der Waals surface area contributed by atoms with Gasteiger partial charge < -0.3 is 9.88 Å². The summed E-state index contributed by atoms with van der Waals surface area (Å²) in [5, 5.41) is 2.48. The summed E-state index contributed by atoms with van der Waals surface area (Å²) >= 11 is 0. The zero-order valence-corrected chi connectivity index (χ0v) is 13.9. The summed E-state index contributed by atoms with van der Waals surface area (Å²) in [6, 6.07) is 4.25. The van der Waals surface area contributed by atoms with Crippen LogP contribution in [-0.2, 0) is 25.4 Å². The third kappa shape index (κ3) is 2.84. The van der Waals surface area contributed by atoms with E-state index in [0.717, 1.165) is 4.57 Å². The highest BCUT2D eigenvalue weighted by atomic mass is 19.1. The van der Waals surface area contributed by atoms with E-state index in [0.29, 0.717) is 5.56 Å². The fraction of sp³-hybridized carbons (Fsp3) is 0.250. The zero-order valence-electron chi connectivity index (χ0n) is 13.9. The Morgan fingerprint density at radius 2 is 2.00 bits per heavy atom. The summed E-state index contributed by atoms with van der Waals surface area (Å²) < 4.78 is 17.1. The topological polar surface area (TPSA) is 90.9 Å². The SMILES string of the molecule is Cc1ccc(NC(=O)Cn2c(=O)c3c(ncn3C)n(C)c2=O)cc1F. The van der Waals surface area contributed by atoms with Crippen LogP contribution in [0.15, 0.2) is 34.1 Å². The van der Waals surface area contributed by atoms with Gasteiger partial charge >= 0.3 is 5.69 Å². The Bertz CT molecular complexity index is 1110. The Balaban J connectivity index is 1.96. The van der Waals surface area contributed by atoms with E-state index in [-0.39, 0.29) is 16.9 Å². The van der Waals surface area contributed by atoms with Crippen LogP contribution >= 0.6 is 0 Å². The summed E-state index contributed by atoms with van der Waals surface area (Å²) in [5.41, 5.74) is -0.0971. The molecule has 0 radical (unpaired) electrons. The molecule has 1 amide bonds. The molecule has 8 nitrogen and oxygen atoms in total. The summed E-state index contributed by atoms with van der Waals surface area (Å²) in [4.78, 5) is 41.1. The largest absolute Gasteiger partial charge is 0.332 e. The van der Waals surface area contributed by atoms with Crippen LogP contribution in [0.1, 0.15) is 5.56 Å². The molecular formula is C16H16FN5O3. The molecule has 0 bridgehead atoms. The first-order chi connectivity index (χ1) is 11.8. The van der Waals surface area contributed by atoms with Crippen LogP contribution in [0, 0.1) is 12.7 Å². The molecule has 0 aliphatic rings. The second kappa shape index (κ2) is 6.00. The van der Waals surface area contributed by atoms with Crippen LogP contribution in [0.3, 0.4) is 0 Å². The smallest absolute Gasteiger partial charge is 0.328 e. The quantitative estimate of drug-likeness (QED) is 0.749. The number of anilines is 1. The Kier molecular flexibility index (Phi) is 3.99. The highest BCUT2D eigenvalue weighted by Crippen LogP contribution is 2.13. The van der Waals surface area contributed by atoms with Gasteiger partial charge in [-0.1, -0.05) is 6.07 Å². The van der Waals surface area contributed by atoms with Gasteiger partial charge in [0.2, 0.25) is 5.91 Å². The Morgan fingerprint density at radius 1 is 1.28 bits per heavy atom. The molecule has 9 heteroatoms. The Labute approximate surface area is 141 Å². The fourth-order valence-corrected chi connectivity index (χ4v) is 2.55. The molecule has 1 aromatic carbocycles. The minimum absolute atomic E-state index is 0.219. The molecule has 130 valence electrons. The van der Waals surface area contributed by atoms with Crippen LogP contribution < -0.4 is 16.6 Å². The van der Waals surface area contributed by atoms with Crippen molar-refractivity contribution in [1.82, 2.24) is 18.7 Å². The van der Waals surface area contributed by atoms with E-state index in [1.807, 2.05) is 0 Å². The summed E-state index contributed by atoms with van der Waals surface area (Å²) in [5.74, 6) is -1.06. The van der Waals surface area contributed by atoms with Gasteiger partial charge in [-0.25, -0.2) is 18.7 Å². The maximum Gasteiger partial charge on any atom is 0.332 e. The first-order valence-corrected chi connectivity index (χ1v) is 7.46. The first-order valence-electron chi connectivity index (χ1n) is 7.46. The van der Waals surface area contributed by atoms with Gasteiger partial charge in [0.05, 0.1) is 6.33 Å². The number of halogens is 1. The van der Waals surface area contributed by atoms with E-state index in [2.05, 4.69) is 10.3 Å². The maximum atomic E-state index is 13.6. The van der Waals surface area contributed by atoms with Crippen molar-refractivity contribution in [2.24, 2.45) is 14.1 Å². The molecule has 25 heavy (non-hydrogen) atoms. The van der Waals surface area contributed by atoms with Gasteiger partial charge in [0.25, 0.3) is 5.56 Å². The van der Waals surface area contributed by atoms with E-state index >= 15 is 0 Å². The number of nitrogens with one attached hydrogen (secondary N) is 1. The lowest BCUT2D eigenvalue weighted by Gasteiger charge is -2.10. The number of carbonyl (C=O) groups is 1. The number of benzene rings is 1. The highest BCUT2D eigenvalue weighted by molar-refractivity contribution is 5.90. The number of hydrogen-bond donors (Lipinski definition) is 1. The van der Waals surface area contributed by atoms with Gasteiger partial charge in [-0.2, -0.15) is 0 Å². The lowest BCUT2D eigenvalue weighted by molar-refractivity contribution is -0.116. The van der Waals surface area contributed by atoms with Crippen LogP contribution in [0.5, 0.6) is 0 Å². The summed E-state index contributed by atoms with van der Waals surface area (Å²) in [6.45, 7) is 1.12. The maximum absolute atomic E-state index is 13.6. The first kappa shape index (κ1) is 16.6. The second-order valence-corrected chi connectivity index (χ2v) is 5.77. The van der Waals surface area contributed by atoms with Gasteiger partial charge in [-0.3, -0.25) is 14.2 Å². The standard InChI is InChI=1S/C16H16FN5O3/c1-9-4-5-10(6-11(9)17)19-12(23)7-22-15(24)13-14(18-8-20(13)2)21(3)16(22)25/h4-6,8H,7H2,1-3H3,(H,19,23). The minimum Gasteiger partial charge on any atom is -0.328 e. The lowest BCUT2D eigenvalue weighted by atomic mass is 10.2. The number of aromatic nitrogens is 4. The third-order valence-electron chi connectivity index (χ3n) is 3.96. The number of amides is 1. The number of nitrogens with zero attached hydrogens (tertiary/aromatic N) is 4. The molecule has 0 saturated heterocycles. The number of fused-ring (bicyclic) bond motifs is 1. The fourth-order valence-electron chi connectivity index (χ4n) is 2.55. The van der Waals surface area contributed by atoms with Gasteiger partial charge in [-0.05, 0) is 24.6 Å². The molecule has 0 saturated carbocycles. The van der Waals surface area contributed by atoms with Gasteiger partial charge in [0, 0.05) is 19.8 Å². The van der Waals surface area contributed by atoms with Crippen molar-refractivity contribution in [3.05, 3.63) is 56.7 Å². The van der Waals surface area contributed by atoms with Crippen molar-refractivity contribution in [1.29, 1.82) is 0 Å². The molecule has 1 N–H and O–H groups in total. The van der Waals surface area contributed by atoms with Crippen molar-refractivity contribution < 1.29 is 9.18 Å². The van der Waals surface area contributed by atoms with Gasteiger partial charge in [-0.15, -0.1) is 0 Å². The third-order valence-corrected chi connectivity index (χ3v) is 3.96. The highest BCUT2D eigenvalue weighted by Gasteiger charge is 2.17. The second-order valence-electron chi connectivity index (χ2n) is 5.77. The lowest BCUT2D eigenvalue weighted by Crippen LogP contribution is -2.42. The van der Waals surface area contributed by atoms with E-state index in [9.17, 15) is 18.8 Å². The predicted octanol–water partition coefficient (Wildman–Crippen LogP) is 0.520. The number of aryl methyl sites for hydroxylation is 3. The van der Waals surface area contributed by atoms with Crippen LogP contribution in [0.4, 0.5) is 10.1 Å². The van der Waals surface area contributed by atoms with Crippen molar-refractivity contribution in [3.8, 4) is 0 Å². The normalized spacial score (nSPS) is 11.0.